The number of hydrogen-bond donors (Lipinski definition) is 1. The summed E-state index contributed by atoms with van der Waals surface area (Å²) in [6, 6.07) is 2.71. The Bertz CT molecular complexity index is 352. The molecule has 0 spiro atoms. The van der Waals surface area contributed by atoms with E-state index in [1.54, 1.807) is 6.20 Å². The van der Waals surface area contributed by atoms with E-state index in [0.717, 1.165) is 12.8 Å². The molecule has 0 aromatic carbocycles. The molecule has 1 rings (SSSR count). The number of nitrogens with one attached hydrogen (secondary N) is 1. The van der Waals surface area contributed by atoms with Crippen molar-refractivity contribution in [3.63, 3.8) is 0 Å². The lowest BCUT2D eigenvalue weighted by Gasteiger charge is -2.38. The van der Waals surface area contributed by atoms with E-state index >= 15 is 0 Å². The number of rotatable bonds is 4. The van der Waals surface area contributed by atoms with Crippen LogP contribution in [-0.4, -0.2) is 35.3 Å². The molecule has 5 heteroatoms. The van der Waals surface area contributed by atoms with Gasteiger partial charge in [-0.25, -0.2) is 0 Å². The van der Waals surface area contributed by atoms with Crippen molar-refractivity contribution in [3.8, 4) is 6.07 Å². The zero-order chi connectivity index (χ0) is 13.5. The van der Waals surface area contributed by atoms with E-state index in [-0.39, 0.29) is 11.5 Å². The standard InChI is InChI=1S/C13H20ClN3O/c1-10-4-3-5-11(2)17(10)9-12(8-15)13(18)16-7-6-14/h9-11H,3-7H2,1-2H3,(H,16,18)/b12-9-. The lowest BCUT2D eigenvalue weighted by Crippen LogP contribution is -2.40. The number of alkyl halides is 1. The first-order valence-corrected chi connectivity index (χ1v) is 6.87. The number of nitrogens with zero attached hydrogens (tertiary/aromatic N) is 2. The van der Waals surface area contributed by atoms with Crippen LogP contribution < -0.4 is 5.32 Å². The summed E-state index contributed by atoms with van der Waals surface area (Å²) in [5.74, 6) is 0.00385. The first-order chi connectivity index (χ1) is 8.60. The van der Waals surface area contributed by atoms with Gasteiger partial charge in [-0.15, -0.1) is 11.6 Å². The van der Waals surface area contributed by atoms with Crippen LogP contribution in [-0.2, 0) is 4.79 Å². The largest absolute Gasteiger partial charge is 0.371 e. The van der Waals surface area contributed by atoms with Crippen molar-refractivity contribution < 1.29 is 4.79 Å². The van der Waals surface area contributed by atoms with Gasteiger partial charge in [0.05, 0.1) is 0 Å². The molecule has 0 aliphatic carbocycles. The van der Waals surface area contributed by atoms with Gasteiger partial charge >= 0.3 is 0 Å². The third-order valence-corrected chi connectivity index (χ3v) is 3.47. The smallest absolute Gasteiger partial charge is 0.263 e. The van der Waals surface area contributed by atoms with Gasteiger partial charge in [0.15, 0.2) is 0 Å². The van der Waals surface area contributed by atoms with E-state index in [2.05, 4.69) is 24.1 Å². The van der Waals surface area contributed by atoms with Crippen molar-refractivity contribution in [1.82, 2.24) is 10.2 Å². The topological polar surface area (TPSA) is 56.1 Å². The maximum atomic E-state index is 11.7. The first-order valence-electron chi connectivity index (χ1n) is 6.33. The number of nitriles is 1. The molecule has 0 radical (unpaired) electrons. The number of carbonyl (C=O) groups excluding carboxylic acids is 1. The second-order valence-corrected chi connectivity index (χ2v) is 5.05. The number of likely N-dealkylation sites (tertiary alicyclic amines) is 1. The fourth-order valence-corrected chi connectivity index (χ4v) is 2.33. The van der Waals surface area contributed by atoms with E-state index in [1.807, 2.05) is 6.07 Å². The van der Waals surface area contributed by atoms with E-state index in [0.29, 0.717) is 24.5 Å². The van der Waals surface area contributed by atoms with E-state index in [1.165, 1.54) is 6.42 Å². The lowest BCUT2D eigenvalue weighted by atomic mass is 9.98. The highest BCUT2D eigenvalue weighted by molar-refractivity contribution is 6.18. The quantitative estimate of drug-likeness (QED) is 0.483. The molecule has 100 valence electrons. The Labute approximate surface area is 114 Å². The summed E-state index contributed by atoms with van der Waals surface area (Å²) in [5, 5.41) is 11.7. The number of halogens is 1. The Morgan fingerprint density at radius 1 is 1.50 bits per heavy atom. The minimum Gasteiger partial charge on any atom is -0.371 e. The molecule has 4 nitrogen and oxygen atoms in total. The Kier molecular flexibility index (Phi) is 6.00. The average molecular weight is 270 g/mol. The van der Waals surface area contributed by atoms with Gasteiger partial charge in [-0.05, 0) is 33.1 Å². The molecular formula is C13H20ClN3O. The normalized spacial score (nSPS) is 24.6. The van der Waals surface area contributed by atoms with Crippen molar-refractivity contribution in [2.24, 2.45) is 0 Å². The summed E-state index contributed by atoms with van der Waals surface area (Å²) in [6.07, 6.45) is 5.09. The molecule has 0 saturated carbocycles. The summed E-state index contributed by atoms with van der Waals surface area (Å²) in [5.41, 5.74) is 0.153. The fourth-order valence-electron chi connectivity index (χ4n) is 2.24. The third-order valence-electron chi connectivity index (χ3n) is 3.29. The number of carbonyl (C=O) groups is 1. The highest BCUT2D eigenvalue weighted by atomic mass is 35.5. The van der Waals surface area contributed by atoms with E-state index in [4.69, 9.17) is 16.9 Å². The summed E-state index contributed by atoms with van der Waals surface area (Å²) in [4.78, 5) is 13.8. The average Bonchev–Trinajstić information content (AvgIpc) is 2.35. The van der Waals surface area contributed by atoms with Gasteiger partial charge in [0.1, 0.15) is 11.6 Å². The minimum atomic E-state index is -0.344. The minimum absolute atomic E-state index is 0.153. The molecule has 2 unspecified atom stereocenters. The van der Waals surface area contributed by atoms with Crippen LogP contribution in [0.25, 0.3) is 0 Å². The number of hydrogen-bond acceptors (Lipinski definition) is 3. The molecule has 0 bridgehead atoms. The molecule has 0 aromatic rings. The van der Waals surface area contributed by atoms with Crippen LogP contribution in [0.1, 0.15) is 33.1 Å². The second kappa shape index (κ2) is 7.27. The summed E-state index contributed by atoms with van der Waals surface area (Å²) < 4.78 is 0. The fraction of sp³-hybridized carbons (Fsp3) is 0.692. The Hall–Kier alpha value is -1.21. The van der Waals surface area contributed by atoms with Crippen molar-refractivity contribution in [2.45, 2.75) is 45.2 Å². The van der Waals surface area contributed by atoms with Crippen LogP contribution in [0, 0.1) is 11.3 Å². The molecule has 1 fully saturated rings. The van der Waals surface area contributed by atoms with Crippen molar-refractivity contribution in [1.29, 1.82) is 5.26 Å². The molecule has 0 aromatic heterocycles. The van der Waals surface area contributed by atoms with E-state index in [9.17, 15) is 4.79 Å². The zero-order valence-corrected chi connectivity index (χ0v) is 11.7. The lowest BCUT2D eigenvalue weighted by molar-refractivity contribution is -0.117. The number of piperidine rings is 1. The Balaban J connectivity index is 2.76. The van der Waals surface area contributed by atoms with Gasteiger partial charge in [0, 0.05) is 30.7 Å². The SMILES string of the molecule is CC1CCCC(C)N1/C=C(/C#N)C(=O)NCCCl. The highest BCUT2D eigenvalue weighted by Gasteiger charge is 2.23. The molecule has 18 heavy (non-hydrogen) atoms. The molecule has 1 aliphatic heterocycles. The highest BCUT2D eigenvalue weighted by Crippen LogP contribution is 2.23. The molecule has 1 amide bonds. The predicted molar refractivity (Wildman–Crippen MR) is 72.0 cm³/mol. The maximum absolute atomic E-state index is 11.7. The monoisotopic (exact) mass is 269 g/mol. The van der Waals surface area contributed by atoms with Crippen LogP contribution >= 0.6 is 11.6 Å². The molecule has 1 heterocycles. The number of amides is 1. The van der Waals surface area contributed by atoms with Crippen LogP contribution in [0.5, 0.6) is 0 Å². The van der Waals surface area contributed by atoms with Crippen LogP contribution in [0.2, 0.25) is 0 Å². The van der Waals surface area contributed by atoms with Gasteiger partial charge < -0.3 is 10.2 Å². The molecule has 1 aliphatic rings. The molecule has 2 atom stereocenters. The predicted octanol–water partition coefficient (Wildman–Crippen LogP) is 2.01. The second-order valence-electron chi connectivity index (χ2n) is 4.68. The van der Waals surface area contributed by atoms with Crippen molar-refractivity contribution in [2.75, 3.05) is 12.4 Å². The third kappa shape index (κ3) is 3.92. The molecule has 1 saturated heterocycles. The van der Waals surface area contributed by atoms with Gasteiger partial charge in [-0.2, -0.15) is 5.26 Å². The summed E-state index contributed by atoms with van der Waals surface area (Å²) >= 11 is 5.50. The van der Waals surface area contributed by atoms with Crippen LogP contribution in [0.3, 0.4) is 0 Å². The molecular weight excluding hydrogens is 250 g/mol. The zero-order valence-electron chi connectivity index (χ0n) is 10.9. The van der Waals surface area contributed by atoms with Gasteiger partial charge in [-0.3, -0.25) is 4.79 Å². The van der Waals surface area contributed by atoms with Crippen molar-refractivity contribution in [3.05, 3.63) is 11.8 Å². The van der Waals surface area contributed by atoms with Crippen molar-refractivity contribution >= 4 is 17.5 Å². The van der Waals surface area contributed by atoms with Crippen LogP contribution in [0.4, 0.5) is 0 Å². The van der Waals surface area contributed by atoms with Gasteiger partial charge in [0.2, 0.25) is 0 Å². The van der Waals surface area contributed by atoms with Gasteiger partial charge in [-0.1, -0.05) is 0 Å². The summed E-state index contributed by atoms with van der Waals surface area (Å²) in [6.45, 7) is 4.63. The Morgan fingerprint density at radius 2 is 2.11 bits per heavy atom. The van der Waals surface area contributed by atoms with E-state index < -0.39 is 0 Å². The maximum Gasteiger partial charge on any atom is 0.263 e. The van der Waals surface area contributed by atoms with Gasteiger partial charge in [0.25, 0.3) is 5.91 Å². The Morgan fingerprint density at radius 3 is 2.61 bits per heavy atom. The first kappa shape index (κ1) is 14.8. The van der Waals surface area contributed by atoms with Crippen LogP contribution in [0.15, 0.2) is 11.8 Å². The molecule has 1 N–H and O–H groups in total. The summed E-state index contributed by atoms with van der Waals surface area (Å²) in [7, 11) is 0.